The normalized spacial score (nSPS) is 9.94. The molecule has 0 aliphatic heterocycles. The first kappa shape index (κ1) is 13.0. The van der Waals surface area contributed by atoms with E-state index in [-0.39, 0.29) is 17.9 Å². The summed E-state index contributed by atoms with van der Waals surface area (Å²) in [6.07, 6.45) is 0. The van der Waals surface area contributed by atoms with Gasteiger partial charge in [0.25, 0.3) is 0 Å². The number of carboxylic acid groups (broad SMARTS) is 1. The number of carbonyl (C=O) groups is 2. The molecule has 3 N–H and O–H groups in total. The third-order valence-corrected chi connectivity index (χ3v) is 1.98. The molecule has 0 aliphatic carbocycles. The molecule has 17 heavy (non-hydrogen) atoms. The number of rotatable bonds is 5. The molecule has 0 aliphatic rings. The number of carbonyl (C=O) groups excluding carboxylic acids is 1. The van der Waals surface area contributed by atoms with Crippen LogP contribution < -0.4 is 5.32 Å². The molecular weight excluding hydrogens is 226 g/mol. The van der Waals surface area contributed by atoms with Crippen molar-refractivity contribution in [2.75, 3.05) is 18.5 Å². The summed E-state index contributed by atoms with van der Waals surface area (Å²) in [4.78, 5) is 22.0. The summed E-state index contributed by atoms with van der Waals surface area (Å²) in [5, 5.41) is 20.7. The summed E-state index contributed by atoms with van der Waals surface area (Å²) in [6, 6.07) is 4.08. The Bertz CT molecular complexity index is 430. The predicted molar refractivity (Wildman–Crippen MR) is 60.2 cm³/mol. The molecule has 0 heterocycles. The van der Waals surface area contributed by atoms with Gasteiger partial charge in [-0.3, -0.25) is 4.79 Å². The fourth-order valence-corrected chi connectivity index (χ4v) is 1.20. The topological polar surface area (TPSA) is 95.9 Å². The highest BCUT2D eigenvalue weighted by Gasteiger charge is 2.14. The average Bonchev–Trinajstić information content (AvgIpc) is 2.28. The number of anilines is 1. The van der Waals surface area contributed by atoms with E-state index in [0.29, 0.717) is 6.61 Å². The summed E-state index contributed by atoms with van der Waals surface area (Å²) < 4.78 is 4.88. The fraction of sp³-hybridized carbons (Fsp3) is 0.273. The number of carboxylic acids is 1. The highest BCUT2D eigenvalue weighted by Crippen LogP contribution is 2.27. The van der Waals surface area contributed by atoms with Crippen LogP contribution in [0, 0.1) is 0 Å². The predicted octanol–water partition coefficient (Wildman–Crippen LogP) is 1.07. The van der Waals surface area contributed by atoms with Crippen molar-refractivity contribution < 1.29 is 24.5 Å². The van der Waals surface area contributed by atoms with Crippen molar-refractivity contribution in [3.63, 3.8) is 0 Å². The molecule has 0 atom stereocenters. The Morgan fingerprint density at radius 3 is 2.71 bits per heavy atom. The van der Waals surface area contributed by atoms with Crippen LogP contribution >= 0.6 is 0 Å². The maximum Gasteiger partial charge on any atom is 0.339 e. The van der Waals surface area contributed by atoms with Crippen LogP contribution in [0.3, 0.4) is 0 Å². The van der Waals surface area contributed by atoms with Crippen LogP contribution in [0.1, 0.15) is 17.3 Å². The molecule has 92 valence electrons. The van der Waals surface area contributed by atoms with Crippen LogP contribution in [0.4, 0.5) is 5.69 Å². The highest BCUT2D eigenvalue weighted by atomic mass is 16.5. The highest BCUT2D eigenvalue weighted by molar-refractivity contribution is 5.98. The number of amides is 1. The SMILES string of the molecule is CCOCC(=O)Nc1cccc(C(=O)O)c1O. The second kappa shape index (κ2) is 5.86. The van der Waals surface area contributed by atoms with Crippen LogP contribution in [0.2, 0.25) is 0 Å². The smallest absolute Gasteiger partial charge is 0.339 e. The maximum atomic E-state index is 11.3. The first-order valence-electron chi connectivity index (χ1n) is 4.99. The second-order valence-electron chi connectivity index (χ2n) is 3.19. The molecule has 0 spiro atoms. The number of phenols is 1. The maximum absolute atomic E-state index is 11.3. The minimum atomic E-state index is -1.26. The van der Waals surface area contributed by atoms with Gasteiger partial charge in [-0.1, -0.05) is 6.07 Å². The summed E-state index contributed by atoms with van der Waals surface area (Å²) >= 11 is 0. The van der Waals surface area contributed by atoms with Gasteiger partial charge in [0.15, 0.2) is 5.75 Å². The number of hydrogen-bond donors (Lipinski definition) is 3. The lowest BCUT2D eigenvalue weighted by Gasteiger charge is -2.08. The zero-order valence-electron chi connectivity index (χ0n) is 9.27. The number of aromatic hydroxyl groups is 1. The molecule has 1 rings (SSSR count). The van der Waals surface area contributed by atoms with E-state index in [9.17, 15) is 14.7 Å². The lowest BCUT2D eigenvalue weighted by molar-refractivity contribution is -0.120. The van der Waals surface area contributed by atoms with Crippen LogP contribution in [-0.4, -0.2) is 35.3 Å². The van der Waals surface area contributed by atoms with Gasteiger partial charge in [0.2, 0.25) is 5.91 Å². The van der Waals surface area contributed by atoms with Crippen LogP contribution in [0.5, 0.6) is 5.75 Å². The van der Waals surface area contributed by atoms with E-state index in [2.05, 4.69) is 5.32 Å². The van der Waals surface area contributed by atoms with Gasteiger partial charge in [0, 0.05) is 6.61 Å². The Morgan fingerprint density at radius 1 is 1.41 bits per heavy atom. The average molecular weight is 239 g/mol. The largest absolute Gasteiger partial charge is 0.505 e. The van der Waals surface area contributed by atoms with Crippen molar-refractivity contribution in [3.8, 4) is 5.75 Å². The van der Waals surface area contributed by atoms with Gasteiger partial charge in [0.1, 0.15) is 12.2 Å². The minimum absolute atomic E-state index is 0.0506. The van der Waals surface area contributed by atoms with Gasteiger partial charge < -0.3 is 20.3 Å². The second-order valence-corrected chi connectivity index (χ2v) is 3.19. The molecule has 0 aromatic heterocycles. The molecule has 0 unspecified atom stereocenters. The molecule has 0 radical (unpaired) electrons. The van der Waals surface area contributed by atoms with E-state index in [1.165, 1.54) is 18.2 Å². The van der Waals surface area contributed by atoms with E-state index in [1.54, 1.807) is 6.92 Å². The molecule has 6 heteroatoms. The van der Waals surface area contributed by atoms with E-state index in [0.717, 1.165) is 0 Å². The molecule has 1 amide bonds. The van der Waals surface area contributed by atoms with Crippen molar-refractivity contribution >= 4 is 17.6 Å². The summed E-state index contributed by atoms with van der Waals surface area (Å²) in [6.45, 7) is 2.00. The van der Waals surface area contributed by atoms with E-state index in [1.807, 2.05) is 0 Å². The molecule has 1 aromatic carbocycles. The summed E-state index contributed by atoms with van der Waals surface area (Å²) in [5.74, 6) is -2.18. The molecule has 1 aromatic rings. The number of nitrogens with one attached hydrogen (secondary N) is 1. The van der Waals surface area contributed by atoms with Crippen molar-refractivity contribution in [1.29, 1.82) is 0 Å². The Morgan fingerprint density at radius 2 is 2.12 bits per heavy atom. The van der Waals surface area contributed by atoms with Gasteiger partial charge in [-0.2, -0.15) is 0 Å². The number of benzene rings is 1. The molecule has 0 fully saturated rings. The standard InChI is InChI=1S/C11H13NO5/c1-2-17-6-9(13)12-8-5-3-4-7(10(8)14)11(15)16/h3-5,14H,2,6H2,1H3,(H,12,13)(H,15,16). The Kier molecular flexibility index (Phi) is 4.47. The van der Waals surface area contributed by atoms with E-state index >= 15 is 0 Å². The van der Waals surface area contributed by atoms with Gasteiger partial charge in [-0.05, 0) is 19.1 Å². The Labute approximate surface area is 97.8 Å². The van der Waals surface area contributed by atoms with Crippen molar-refractivity contribution in [1.82, 2.24) is 0 Å². The van der Waals surface area contributed by atoms with E-state index in [4.69, 9.17) is 9.84 Å². The van der Waals surface area contributed by atoms with Gasteiger partial charge in [-0.25, -0.2) is 4.79 Å². The van der Waals surface area contributed by atoms with E-state index < -0.39 is 17.6 Å². The van der Waals surface area contributed by atoms with Crippen LogP contribution in [0.25, 0.3) is 0 Å². The number of para-hydroxylation sites is 1. The van der Waals surface area contributed by atoms with Gasteiger partial charge >= 0.3 is 5.97 Å². The molecule has 6 nitrogen and oxygen atoms in total. The number of aromatic carboxylic acids is 1. The third-order valence-electron chi connectivity index (χ3n) is 1.98. The minimum Gasteiger partial charge on any atom is -0.505 e. The van der Waals surface area contributed by atoms with Crippen LogP contribution in [0.15, 0.2) is 18.2 Å². The summed E-state index contributed by atoms with van der Waals surface area (Å²) in [5.41, 5.74) is -0.214. The zero-order valence-corrected chi connectivity index (χ0v) is 9.27. The fourth-order valence-electron chi connectivity index (χ4n) is 1.20. The van der Waals surface area contributed by atoms with Crippen molar-refractivity contribution in [2.45, 2.75) is 6.92 Å². The Hall–Kier alpha value is -2.08. The first-order chi connectivity index (χ1) is 8.06. The van der Waals surface area contributed by atoms with Crippen LogP contribution in [-0.2, 0) is 9.53 Å². The van der Waals surface area contributed by atoms with Gasteiger partial charge in [-0.15, -0.1) is 0 Å². The monoisotopic (exact) mass is 239 g/mol. The summed E-state index contributed by atoms with van der Waals surface area (Å²) in [7, 11) is 0. The van der Waals surface area contributed by atoms with Crippen molar-refractivity contribution in [2.24, 2.45) is 0 Å². The van der Waals surface area contributed by atoms with Crippen molar-refractivity contribution in [3.05, 3.63) is 23.8 Å². The number of ether oxygens (including phenoxy) is 1. The lowest BCUT2D eigenvalue weighted by Crippen LogP contribution is -2.18. The lowest BCUT2D eigenvalue weighted by atomic mass is 10.1. The number of hydrogen-bond acceptors (Lipinski definition) is 4. The third kappa shape index (κ3) is 3.46. The zero-order chi connectivity index (χ0) is 12.8. The molecule has 0 saturated carbocycles. The molecular formula is C11H13NO5. The molecule has 0 bridgehead atoms. The quantitative estimate of drug-likeness (QED) is 0.668. The molecule has 0 saturated heterocycles. The Balaban J connectivity index is 2.81. The van der Waals surface area contributed by atoms with Gasteiger partial charge in [0.05, 0.1) is 5.69 Å². The first-order valence-corrected chi connectivity index (χ1v) is 4.99.